The van der Waals surface area contributed by atoms with Crippen LogP contribution in [0, 0.1) is 5.92 Å². The monoisotopic (exact) mass is 727 g/mol. The highest BCUT2D eigenvalue weighted by molar-refractivity contribution is 7.91. The van der Waals surface area contributed by atoms with E-state index < -0.39 is 44.5 Å². The van der Waals surface area contributed by atoms with Crippen molar-refractivity contribution in [2.45, 2.75) is 114 Å². The number of unbranched alkanes of at least 4 members (excludes halogenated alkanes) is 3. The maximum Gasteiger partial charge on any atom is 0.408 e. The fraction of sp³-hybridized carbons (Fsp3) is 0.583. The Morgan fingerprint density at radius 3 is 2.63 bits per heavy atom. The van der Waals surface area contributed by atoms with Gasteiger partial charge in [-0.2, -0.15) is 0 Å². The number of alkyl carbamates (subject to hydrolysis) is 1. The molecule has 15 heteroatoms. The number of amides is 4. The van der Waals surface area contributed by atoms with Gasteiger partial charge in [0.2, 0.25) is 28.2 Å². The van der Waals surface area contributed by atoms with E-state index in [0.717, 1.165) is 29.2 Å². The summed E-state index contributed by atoms with van der Waals surface area (Å²) < 4.78 is 38.3. The molecule has 2 aromatic rings. The molecule has 1 saturated heterocycles. The fourth-order valence-electron chi connectivity index (χ4n) is 6.35. The zero-order valence-electron chi connectivity index (χ0n) is 29.4. The summed E-state index contributed by atoms with van der Waals surface area (Å²) in [4.78, 5) is 56.5. The Morgan fingerprint density at radius 1 is 1.14 bits per heavy atom. The minimum atomic E-state index is -3.72. The number of nitrogens with zero attached hydrogens (tertiary/aromatic N) is 2. The Hall–Kier alpha value is -4.24. The summed E-state index contributed by atoms with van der Waals surface area (Å²) in [5, 5.41) is 16.0. The van der Waals surface area contributed by atoms with Gasteiger partial charge in [-0.25, -0.2) is 18.2 Å². The van der Waals surface area contributed by atoms with Crippen molar-refractivity contribution in [3.8, 4) is 5.88 Å². The van der Waals surface area contributed by atoms with Crippen molar-refractivity contribution in [2.75, 3.05) is 13.1 Å². The number of benzene rings is 1. The van der Waals surface area contributed by atoms with Gasteiger partial charge in [-0.1, -0.05) is 31.1 Å². The van der Waals surface area contributed by atoms with Crippen LogP contribution in [0.4, 0.5) is 4.79 Å². The van der Waals surface area contributed by atoms with Gasteiger partial charge in [0.1, 0.15) is 23.3 Å². The molecule has 5 rings (SSSR count). The van der Waals surface area contributed by atoms with Gasteiger partial charge in [0.25, 0.3) is 5.91 Å². The van der Waals surface area contributed by atoms with E-state index in [0.29, 0.717) is 70.3 Å². The lowest BCUT2D eigenvalue weighted by molar-refractivity contribution is -0.133. The van der Waals surface area contributed by atoms with Crippen LogP contribution >= 0.6 is 0 Å². The molecule has 0 unspecified atom stereocenters. The summed E-state index contributed by atoms with van der Waals surface area (Å²) in [6.07, 6.45) is 10.2. The number of pyridine rings is 1. The van der Waals surface area contributed by atoms with Crippen molar-refractivity contribution in [1.82, 2.24) is 25.2 Å². The van der Waals surface area contributed by atoms with Crippen LogP contribution in [0.1, 0.15) is 84.1 Å². The molecule has 1 aromatic heterocycles. The number of hydrogen-bond acceptors (Lipinski definition) is 10. The van der Waals surface area contributed by atoms with Crippen LogP contribution in [-0.4, -0.2) is 89.4 Å². The Balaban J connectivity index is 1.11. The first kappa shape index (κ1) is 38.0. The number of aromatic nitrogens is 1. The Kier molecular flexibility index (Phi) is 11.9. The average Bonchev–Trinajstić information content (AvgIpc) is 4.00. The normalized spacial score (nSPS) is 22.4. The predicted molar refractivity (Wildman–Crippen MR) is 189 cm³/mol. The Morgan fingerprint density at radius 2 is 1.92 bits per heavy atom. The number of fused-ring (bicyclic) bond motifs is 1. The maximum atomic E-state index is 13.7. The molecule has 2 heterocycles. The van der Waals surface area contributed by atoms with Crippen LogP contribution in [0.5, 0.6) is 5.88 Å². The Bertz CT molecular complexity index is 1740. The molecule has 14 nitrogen and oxygen atoms in total. The van der Waals surface area contributed by atoms with Crippen molar-refractivity contribution in [3.05, 3.63) is 48.2 Å². The van der Waals surface area contributed by atoms with E-state index in [-0.39, 0.29) is 24.5 Å². The number of likely N-dealkylation sites (tertiary alicyclic amines) is 1. The standard InChI is InChI=1S/C36H49N5O9S/c1-35(2,3)50-34(46)39-30(32(44)41-18-16-27(21-41)49-31-29-14-11-24(22-42)19-25(29)15-17-37-31)10-8-6-4-5-7-9-26-20-36(26,38-23-43)33(45)40-51(47,48)28-12-13-28/h7,9,11,14-15,17,19,23,26-28,30,42H,4-6,8,10,12-13,16,18,20-22H2,1-3H3,(H,38,43)(H,39,46)(H,40,45)/b9-7-/t26-,27-,30+,36-/m1/s1. The fourth-order valence-corrected chi connectivity index (χ4v) is 7.71. The second kappa shape index (κ2) is 16.0. The van der Waals surface area contributed by atoms with Gasteiger partial charge in [-0.05, 0) is 88.4 Å². The minimum absolute atomic E-state index is 0.0646. The SMILES string of the molecule is CC(C)(C)OC(=O)N[C@@H](CCCCC/C=C\[C@@H]1C[C@]1(NC=O)C(=O)NS(=O)(=O)C1CC1)C(=O)N1CC[C@@H](Oc2nccc3cc(CO)ccc23)C1. The summed E-state index contributed by atoms with van der Waals surface area (Å²) in [5.41, 5.74) is -1.19. The molecule has 3 aliphatic rings. The molecule has 0 radical (unpaired) electrons. The molecule has 2 aliphatic carbocycles. The lowest BCUT2D eigenvalue weighted by Gasteiger charge is -2.26. The number of carbonyl (C=O) groups excluding carboxylic acids is 4. The van der Waals surface area contributed by atoms with Crippen LogP contribution in [0.25, 0.3) is 10.8 Å². The minimum Gasteiger partial charge on any atom is -0.472 e. The first-order chi connectivity index (χ1) is 24.2. The first-order valence-electron chi connectivity index (χ1n) is 17.6. The summed E-state index contributed by atoms with van der Waals surface area (Å²) >= 11 is 0. The molecule has 1 aromatic carbocycles. The van der Waals surface area contributed by atoms with Crippen molar-refractivity contribution in [2.24, 2.45) is 5.92 Å². The molecule has 4 atom stereocenters. The number of carbonyl (C=O) groups is 4. The van der Waals surface area contributed by atoms with Crippen LogP contribution in [0.3, 0.4) is 0 Å². The van der Waals surface area contributed by atoms with Gasteiger partial charge in [0.05, 0.1) is 18.4 Å². The number of nitrogens with one attached hydrogen (secondary N) is 3. The molecule has 1 aliphatic heterocycles. The van der Waals surface area contributed by atoms with E-state index in [1.807, 2.05) is 36.4 Å². The second-order valence-electron chi connectivity index (χ2n) is 14.6. The summed E-state index contributed by atoms with van der Waals surface area (Å²) in [7, 11) is -3.72. The van der Waals surface area contributed by atoms with E-state index in [2.05, 4.69) is 20.3 Å². The Labute approximate surface area is 298 Å². The largest absolute Gasteiger partial charge is 0.472 e. The van der Waals surface area contributed by atoms with Crippen molar-refractivity contribution < 1.29 is 42.2 Å². The second-order valence-corrected chi connectivity index (χ2v) is 16.6. The molecular weight excluding hydrogens is 678 g/mol. The average molecular weight is 728 g/mol. The number of sulfonamides is 1. The maximum absolute atomic E-state index is 13.7. The molecule has 4 amide bonds. The summed E-state index contributed by atoms with van der Waals surface area (Å²) in [6, 6.07) is 6.65. The van der Waals surface area contributed by atoms with E-state index in [1.54, 1.807) is 31.9 Å². The van der Waals surface area contributed by atoms with Crippen LogP contribution in [0.2, 0.25) is 0 Å². The van der Waals surface area contributed by atoms with Gasteiger partial charge in [-0.3, -0.25) is 19.1 Å². The summed E-state index contributed by atoms with van der Waals surface area (Å²) in [5.74, 6) is -0.755. The topological polar surface area (TPSA) is 193 Å². The van der Waals surface area contributed by atoms with Crippen LogP contribution < -0.4 is 20.1 Å². The van der Waals surface area contributed by atoms with Crippen molar-refractivity contribution in [1.29, 1.82) is 0 Å². The van der Waals surface area contributed by atoms with Gasteiger partial charge >= 0.3 is 6.09 Å². The van der Waals surface area contributed by atoms with Gasteiger partial charge in [-0.15, -0.1) is 0 Å². The number of hydrogen-bond donors (Lipinski definition) is 4. The zero-order chi connectivity index (χ0) is 36.8. The van der Waals surface area contributed by atoms with E-state index in [1.165, 1.54) is 0 Å². The van der Waals surface area contributed by atoms with Crippen LogP contribution in [0.15, 0.2) is 42.6 Å². The molecule has 278 valence electrons. The lowest BCUT2D eigenvalue weighted by Crippen LogP contribution is -2.50. The zero-order valence-corrected chi connectivity index (χ0v) is 30.2. The number of rotatable bonds is 17. The van der Waals surface area contributed by atoms with Crippen molar-refractivity contribution in [3.63, 3.8) is 0 Å². The molecule has 3 fully saturated rings. The third-order valence-corrected chi connectivity index (χ3v) is 11.2. The molecule has 0 spiro atoms. The van der Waals surface area contributed by atoms with Gasteiger partial charge in [0.15, 0.2) is 0 Å². The quantitative estimate of drug-likeness (QED) is 0.107. The van der Waals surface area contributed by atoms with Crippen molar-refractivity contribution >= 4 is 45.1 Å². The highest BCUT2D eigenvalue weighted by atomic mass is 32.2. The number of aliphatic hydroxyl groups is 1. The summed E-state index contributed by atoms with van der Waals surface area (Å²) in [6.45, 7) is 6.02. The highest BCUT2D eigenvalue weighted by Crippen LogP contribution is 2.45. The van der Waals surface area contributed by atoms with Gasteiger partial charge < -0.3 is 30.1 Å². The molecule has 2 saturated carbocycles. The lowest BCUT2D eigenvalue weighted by atomic mass is 10.1. The van der Waals surface area contributed by atoms with E-state index >= 15 is 0 Å². The molecule has 4 N–H and O–H groups in total. The van der Waals surface area contributed by atoms with E-state index in [9.17, 15) is 32.7 Å². The third-order valence-electron chi connectivity index (χ3n) is 9.37. The van der Waals surface area contributed by atoms with E-state index in [4.69, 9.17) is 9.47 Å². The third kappa shape index (κ3) is 9.97. The predicted octanol–water partition coefficient (Wildman–Crippen LogP) is 3.22. The number of ether oxygens (including phenoxy) is 2. The molecule has 51 heavy (non-hydrogen) atoms. The number of aliphatic hydroxyl groups excluding tert-OH is 1. The van der Waals surface area contributed by atoms with Crippen LogP contribution in [-0.2, 0) is 35.8 Å². The molecule has 0 bridgehead atoms. The van der Waals surface area contributed by atoms with Gasteiger partial charge in [0, 0.05) is 30.5 Å². The highest BCUT2D eigenvalue weighted by Gasteiger charge is 2.60. The first-order valence-corrected chi connectivity index (χ1v) is 19.2. The molecular formula is C36H49N5O9S. The smallest absolute Gasteiger partial charge is 0.408 e. The number of allylic oxidation sites excluding steroid dienone is 1.